The molecule has 3 rings (SSSR count). The fraction of sp³-hybridized carbons (Fsp3) is 1.00. The molecule has 0 amide bonds. The highest BCUT2D eigenvalue weighted by atomic mass is 32.2. The fourth-order valence-electron chi connectivity index (χ4n) is 3.54. The zero-order chi connectivity index (χ0) is 13.0. The van der Waals surface area contributed by atoms with Crippen molar-refractivity contribution in [2.75, 3.05) is 37.8 Å². The van der Waals surface area contributed by atoms with Crippen LogP contribution in [-0.4, -0.2) is 49.5 Å². The Morgan fingerprint density at radius 2 is 1.95 bits per heavy atom. The van der Waals surface area contributed by atoms with Gasteiger partial charge in [-0.05, 0) is 62.6 Å². The van der Waals surface area contributed by atoms with Gasteiger partial charge in [0.05, 0.1) is 11.7 Å². The molecule has 1 atom stereocenters. The molecule has 3 heterocycles. The first kappa shape index (κ1) is 14.2. The van der Waals surface area contributed by atoms with Gasteiger partial charge in [-0.1, -0.05) is 0 Å². The second kappa shape index (κ2) is 6.79. The van der Waals surface area contributed by atoms with Crippen molar-refractivity contribution in [3.05, 3.63) is 0 Å². The molecule has 0 saturated carbocycles. The first-order valence-electron chi connectivity index (χ1n) is 7.90. The summed E-state index contributed by atoms with van der Waals surface area (Å²) in [5, 5.41) is 3.42. The van der Waals surface area contributed by atoms with Gasteiger partial charge in [0.1, 0.15) is 0 Å². The summed E-state index contributed by atoms with van der Waals surface area (Å²) in [6.07, 6.45) is 7.70. The number of hydrogen-bond donors (Lipinski definition) is 1. The first-order valence-corrected chi connectivity index (χ1v) is 9.06. The average Bonchev–Trinajstić information content (AvgIpc) is 2.47. The zero-order valence-corrected chi connectivity index (χ0v) is 12.7. The first-order chi connectivity index (χ1) is 9.36. The van der Waals surface area contributed by atoms with E-state index in [0.717, 1.165) is 32.0 Å². The topological polar surface area (TPSA) is 30.5 Å². The summed E-state index contributed by atoms with van der Waals surface area (Å²) < 4.78 is 12.4. The van der Waals surface area contributed by atoms with Crippen molar-refractivity contribution in [2.24, 2.45) is 5.92 Å². The van der Waals surface area contributed by atoms with Gasteiger partial charge < -0.3 is 14.8 Å². The normalized spacial score (nSPS) is 32.5. The van der Waals surface area contributed by atoms with Gasteiger partial charge in [0.15, 0.2) is 0 Å². The molecule has 3 aliphatic heterocycles. The van der Waals surface area contributed by atoms with Gasteiger partial charge in [0, 0.05) is 19.6 Å². The van der Waals surface area contributed by atoms with Gasteiger partial charge in [-0.3, -0.25) is 0 Å². The Balaban J connectivity index is 1.45. The molecule has 0 aromatic rings. The average molecular weight is 285 g/mol. The van der Waals surface area contributed by atoms with Crippen LogP contribution in [0.4, 0.5) is 0 Å². The number of nitrogens with one attached hydrogen (secondary N) is 1. The maximum absolute atomic E-state index is 6.24. The van der Waals surface area contributed by atoms with Crippen LogP contribution >= 0.6 is 11.8 Å². The standard InChI is InChI=1S/C15H27NO2S/c1-6-16-7-2-13(1)12-17-14-3-8-18-15(11-14)4-9-19-10-5-15/h13-14,16H,1-12H2. The number of rotatable bonds is 3. The predicted molar refractivity (Wildman–Crippen MR) is 79.8 cm³/mol. The van der Waals surface area contributed by atoms with E-state index < -0.39 is 0 Å². The molecule has 0 aromatic heterocycles. The molecule has 0 aliphatic carbocycles. The maximum Gasteiger partial charge on any atom is 0.0723 e. The van der Waals surface area contributed by atoms with Crippen molar-refractivity contribution < 1.29 is 9.47 Å². The SMILES string of the molecule is C1CC(COC2CCOC3(CCSCC3)C2)CCN1. The highest BCUT2D eigenvalue weighted by Gasteiger charge is 2.39. The van der Waals surface area contributed by atoms with E-state index in [-0.39, 0.29) is 5.60 Å². The molecule has 110 valence electrons. The van der Waals surface area contributed by atoms with E-state index in [0.29, 0.717) is 6.10 Å². The molecule has 4 heteroatoms. The van der Waals surface area contributed by atoms with E-state index in [1.807, 2.05) is 0 Å². The molecule has 3 fully saturated rings. The lowest BCUT2D eigenvalue weighted by atomic mass is 9.86. The van der Waals surface area contributed by atoms with Crippen molar-refractivity contribution in [2.45, 2.75) is 50.2 Å². The van der Waals surface area contributed by atoms with E-state index in [1.165, 1.54) is 50.3 Å². The second-order valence-electron chi connectivity index (χ2n) is 6.29. The molecular formula is C15H27NO2S. The molecule has 19 heavy (non-hydrogen) atoms. The van der Waals surface area contributed by atoms with Crippen molar-refractivity contribution >= 4 is 11.8 Å². The summed E-state index contributed by atoms with van der Waals surface area (Å²) in [4.78, 5) is 0. The minimum Gasteiger partial charge on any atom is -0.378 e. The third kappa shape index (κ3) is 3.87. The summed E-state index contributed by atoms with van der Waals surface area (Å²) in [6.45, 7) is 4.21. The predicted octanol–water partition coefficient (Wildman–Crippen LogP) is 2.45. The van der Waals surface area contributed by atoms with Crippen molar-refractivity contribution in [3.8, 4) is 0 Å². The Morgan fingerprint density at radius 3 is 2.74 bits per heavy atom. The molecule has 3 nitrogen and oxygen atoms in total. The fourth-order valence-corrected chi connectivity index (χ4v) is 4.77. The van der Waals surface area contributed by atoms with Gasteiger partial charge in [0.25, 0.3) is 0 Å². The molecule has 1 spiro atoms. The maximum atomic E-state index is 6.24. The monoisotopic (exact) mass is 285 g/mol. The number of hydrogen-bond acceptors (Lipinski definition) is 4. The summed E-state index contributed by atoms with van der Waals surface area (Å²) in [6, 6.07) is 0. The minimum atomic E-state index is 0.169. The molecule has 0 radical (unpaired) electrons. The van der Waals surface area contributed by atoms with E-state index in [2.05, 4.69) is 17.1 Å². The van der Waals surface area contributed by atoms with Crippen LogP contribution in [-0.2, 0) is 9.47 Å². The lowest BCUT2D eigenvalue weighted by Crippen LogP contribution is -2.45. The molecular weight excluding hydrogens is 258 g/mol. The van der Waals surface area contributed by atoms with Gasteiger partial charge in [-0.25, -0.2) is 0 Å². The molecule has 3 aliphatic rings. The Morgan fingerprint density at radius 1 is 1.16 bits per heavy atom. The van der Waals surface area contributed by atoms with Crippen LogP contribution in [0.5, 0.6) is 0 Å². The lowest BCUT2D eigenvalue weighted by molar-refractivity contribution is -0.141. The van der Waals surface area contributed by atoms with Crippen LogP contribution < -0.4 is 5.32 Å². The summed E-state index contributed by atoms with van der Waals surface area (Å²) in [5.41, 5.74) is 0.169. The van der Waals surface area contributed by atoms with Gasteiger partial charge >= 0.3 is 0 Å². The number of piperidine rings is 1. The van der Waals surface area contributed by atoms with Crippen LogP contribution in [0, 0.1) is 5.92 Å². The highest BCUT2D eigenvalue weighted by molar-refractivity contribution is 7.99. The highest BCUT2D eigenvalue weighted by Crippen LogP contribution is 2.38. The summed E-state index contributed by atoms with van der Waals surface area (Å²) >= 11 is 2.07. The molecule has 0 aromatic carbocycles. The largest absolute Gasteiger partial charge is 0.378 e. The molecule has 1 unspecified atom stereocenters. The second-order valence-corrected chi connectivity index (χ2v) is 7.51. The van der Waals surface area contributed by atoms with Crippen LogP contribution in [0.1, 0.15) is 38.5 Å². The summed E-state index contributed by atoms with van der Waals surface area (Å²) in [7, 11) is 0. The Kier molecular flexibility index (Phi) is 5.07. The number of thioether (sulfide) groups is 1. The van der Waals surface area contributed by atoms with Gasteiger partial charge in [-0.15, -0.1) is 0 Å². The third-order valence-electron chi connectivity index (χ3n) is 4.88. The molecule has 0 bridgehead atoms. The Hall–Kier alpha value is 0.230. The van der Waals surface area contributed by atoms with Crippen LogP contribution in [0.15, 0.2) is 0 Å². The number of ether oxygens (including phenoxy) is 2. The van der Waals surface area contributed by atoms with Crippen LogP contribution in [0.25, 0.3) is 0 Å². The van der Waals surface area contributed by atoms with Gasteiger partial charge in [-0.2, -0.15) is 11.8 Å². The van der Waals surface area contributed by atoms with Gasteiger partial charge in [0.2, 0.25) is 0 Å². The molecule has 1 N–H and O–H groups in total. The Labute approximate surface area is 121 Å². The van der Waals surface area contributed by atoms with Crippen LogP contribution in [0.3, 0.4) is 0 Å². The van der Waals surface area contributed by atoms with Crippen molar-refractivity contribution in [1.82, 2.24) is 5.32 Å². The van der Waals surface area contributed by atoms with E-state index in [4.69, 9.17) is 9.47 Å². The zero-order valence-electron chi connectivity index (χ0n) is 11.9. The van der Waals surface area contributed by atoms with E-state index in [9.17, 15) is 0 Å². The van der Waals surface area contributed by atoms with E-state index >= 15 is 0 Å². The van der Waals surface area contributed by atoms with E-state index in [1.54, 1.807) is 0 Å². The van der Waals surface area contributed by atoms with Crippen LogP contribution in [0.2, 0.25) is 0 Å². The smallest absolute Gasteiger partial charge is 0.0723 e. The summed E-state index contributed by atoms with van der Waals surface area (Å²) in [5.74, 6) is 3.31. The van der Waals surface area contributed by atoms with Crippen molar-refractivity contribution in [1.29, 1.82) is 0 Å². The Bertz CT molecular complexity index is 270. The minimum absolute atomic E-state index is 0.169. The van der Waals surface area contributed by atoms with Crippen molar-refractivity contribution in [3.63, 3.8) is 0 Å². The lowest BCUT2D eigenvalue weighted by Gasteiger charge is -2.43. The quantitative estimate of drug-likeness (QED) is 0.863. The third-order valence-corrected chi connectivity index (χ3v) is 5.86. The molecule has 3 saturated heterocycles.